The molecule has 36 heavy (non-hydrogen) atoms. The maximum atomic E-state index is 13.0. The second-order valence-corrected chi connectivity index (χ2v) is 8.53. The van der Waals surface area contributed by atoms with E-state index >= 15 is 0 Å². The summed E-state index contributed by atoms with van der Waals surface area (Å²) < 4.78 is 5.95. The molecular formula is C31H29NO4. The van der Waals surface area contributed by atoms with Gasteiger partial charge in [-0.2, -0.15) is 0 Å². The van der Waals surface area contributed by atoms with Crippen molar-refractivity contribution in [2.24, 2.45) is 0 Å². The first kappa shape index (κ1) is 24.7. The SMILES string of the molecule is CCc1ccccc1COc1ccc(C[C@H](Nc2ccccc2C(=O)c2ccccc2)C(=O)O)cc1. The molecule has 0 amide bonds. The molecule has 4 aromatic carbocycles. The highest BCUT2D eigenvalue weighted by Gasteiger charge is 2.21. The predicted octanol–water partition coefficient (Wildman–Crippen LogP) is 6.17. The molecule has 0 radical (unpaired) electrons. The van der Waals surface area contributed by atoms with Crippen LogP contribution in [0.4, 0.5) is 5.69 Å². The second kappa shape index (κ2) is 11.8. The molecule has 0 aliphatic carbocycles. The van der Waals surface area contributed by atoms with Crippen molar-refractivity contribution in [2.45, 2.75) is 32.4 Å². The van der Waals surface area contributed by atoms with Crippen LogP contribution < -0.4 is 10.1 Å². The standard InChI is InChI=1S/C31H29NO4/c1-2-23-10-6-7-13-25(23)21-36-26-18-16-22(17-19-26)20-29(31(34)35)32-28-15-9-8-14-27(28)30(33)24-11-4-3-5-12-24/h3-19,29,32H,2,20-21H2,1H3,(H,34,35)/t29-/m0/s1. The van der Waals surface area contributed by atoms with Crippen molar-refractivity contribution >= 4 is 17.4 Å². The van der Waals surface area contributed by atoms with Crippen molar-refractivity contribution < 1.29 is 19.4 Å². The predicted molar refractivity (Wildman–Crippen MR) is 142 cm³/mol. The summed E-state index contributed by atoms with van der Waals surface area (Å²) in [5, 5.41) is 13.0. The third-order valence-corrected chi connectivity index (χ3v) is 6.09. The van der Waals surface area contributed by atoms with Crippen LogP contribution in [0.25, 0.3) is 0 Å². The maximum Gasteiger partial charge on any atom is 0.326 e. The Bertz CT molecular complexity index is 1320. The number of anilines is 1. The monoisotopic (exact) mass is 479 g/mol. The highest BCUT2D eigenvalue weighted by molar-refractivity contribution is 6.12. The van der Waals surface area contributed by atoms with Gasteiger partial charge in [0, 0.05) is 23.2 Å². The van der Waals surface area contributed by atoms with E-state index in [-0.39, 0.29) is 12.2 Å². The van der Waals surface area contributed by atoms with Gasteiger partial charge in [0.2, 0.25) is 0 Å². The van der Waals surface area contributed by atoms with Gasteiger partial charge in [-0.15, -0.1) is 0 Å². The number of ether oxygens (including phenoxy) is 1. The Kier molecular flexibility index (Phi) is 8.14. The smallest absolute Gasteiger partial charge is 0.326 e. The lowest BCUT2D eigenvalue weighted by atomic mass is 10.00. The van der Waals surface area contributed by atoms with Gasteiger partial charge in [-0.1, -0.05) is 85.8 Å². The summed E-state index contributed by atoms with van der Waals surface area (Å²) in [5.41, 5.74) is 4.75. The molecule has 0 aliphatic rings. The highest BCUT2D eigenvalue weighted by Crippen LogP contribution is 2.22. The van der Waals surface area contributed by atoms with E-state index in [0.29, 0.717) is 23.4 Å². The molecule has 0 aliphatic heterocycles. The number of ketones is 1. The van der Waals surface area contributed by atoms with Crippen LogP contribution in [-0.4, -0.2) is 22.9 Å². The Balaban J connectivity index is 1.44. The number of carboxylic acids is 1. The first-order valence-electron chi connectivity index (χ1n) is 12.0. The number of nitrogens with one attached hydrogen (secondary N) is 1. The summed E-state index contributed by atoms with van der Waals surface area (Å²) >= 11 is 0. The molecule has 0 bridgehead atoms. The van der Waals surface area contributed by atoms with Crippen molar-refractivity contribution in [3.05, 3.63) is 131 Å². The van der Waals surface area contributed by atoms with Gasteiger partial charge in [0.05, 0.1) is 0 Å². The van der Waals surface area contributed by atoms with Crippen LogP contribution in [0.15, 0.2) is 103 Å². The Morgan fingerprint density at radius 1 is 0.806 bits per heavy atom. The van der Waals surface area contributed by atoms with Gasteiger partial charge in [-0.05, 0) is 47.4 Å². The van der Waals surface area contributed by atoms with Crippen molar-refractivity contribution in [3.63, 3.8) is 0 Å². The molecule has 0 spiro atoms. The summed E-state index contributed by atoms with van der Waals surface area (Å²) in [7, 11) is 0. The van der Waals surface area contributed by atoms with Gasteiger partial charge in [-0.25, -0.2) is 4.79 Å². The summed E-state index contributed by atoms with van der Waals surface area (Å²) in [6.45, 7) is 2.60. The number of carboxylic acid groups (broad SMARTS) is 1. The quantitative estimate of drug-likeness (QED) is 0.252. The summed E-state index contributed by atoms with van der Waals surface area (Å²) in [5.74, 6) is -0.425. The molecule has 2 N–H and O–H groups in total. The Morgan fingerprint density at radius 3 is 2.14 bits per heavy atom. The molecule has 4 rings (SSSR count). The molecule has 4 aromatic rings. The molecule has 0 aromatic heterocycles. The van der Waals surface area contributed by atoms with Crippen LogP contribution in [0, 0.1) is 0 Å². The molecule has 5 nitrogen and oxygen atoms in total. The first-order chi connectivity index (χ1) is 17.5. The van der Waals surface area contributed by atoms with Crippen LogP contribution in [0.1, 0.15) is 39.5 Å². The number of benzene rings is 4. The summed E-state index contributed by atoms with van der Waals surface area (Å²) in [4.78, 5) is 25.1. The van der Waals surface area contributed by atoms with Crippen LogP contribution >= 0.6 is 0 Å². The molecule has 5 heteroatoms. The molecular weight excluding hydrogens is 450 g/mol. The fourth-order valence-electron chi connectivity index (χ4n) is 4.10. The van der Waals surface area contributed by atoms with E-state index < -0.39 is 12.0 Å². The van der Waals surface area contributed by atoms with Crippen molar-refractivity contribution in [3.8, 4) is 5.75 Å². The Labute approximate surface area is 211 Å². The first-order valence-corrected chi connectivity index (χ1v) is 12.0. The van der Waals surface area contributed by atoms with Crippen LogP contribution in [-0.2, 0) is 24.2 Å². The zero-order valence-corrected chi connectivity index (χ0v) is 20.2. The van der Waals surface area contributed by atoms with E-state index in [1.165, 1.54) is 5.56 Å². The number of carbonyl (C=O) groups is 2. The normalized spacial score (nSPS) is 11.5. The molecule has 0 heterocycles. The number of aryl methyl sites for hydroxylation is 1. The van der Waals surface area contributed by atoms with Crippen molar-refractivity contribution in [2.75, 3.05) is 5.32 Å². The zero-order chi connectivity index (χ0) is 25.3. The number of aliphatic carboxylic acids is 1. The number of hydrogen-bond acceptors (Lipinski definition) is 4. The molecule has 1 atom stereocenters. The molecule has 182 valence electrons. The van der Waals surface area contributed by atoms with Gasteiger partial charge in [0.15, 0.2) is 5.78 Å². The van der Waals surface area contributed by atoms with Crippen LogP contribution in [0.2, 0.25) is 0 Å². The minimum absolute atomic E-state index is 0.158. The largest absolute Gasteiger partial charge is 0.489 e. The lowest BCUT2D eigenvalue weighted by molar-refractivity contribution is -0.137. The second-order valence-electron chi connectivity index (χ2n) is 8.53. The van der Waals surface area contributed by atoms with E-state index in [4.69, 9.17) is 4.74 Å². The zero-order valence-electron chi connectivity index (χ0n) is 20.2. The minimum Gasteiger partial charge on any atom is -0.489 e. The summed E-state index contributed by atoms with van der Waals surface area (Å²) in [6.07, 6.45) is 1.20. The fraction of sp³-hybridized carbons (Fsp3) is 0.161. The fourth-order valence-corrected chi connectivity index (χ4v) is 4.10. The maximum absolute atomic E-state index is 13.0. The third-order valence-electron chi connectivity index (χ3n) is 6.09. The van der Waals surface area contributed by atoms with Gasteiger partial charge in [0.1, 0.15) is 18.4 Å². The van der Waals surface area contributed by atoms with E-state index in [9.17, 15) is 14.7 Å². The van der Waals surface area contributed by atoms with E-state index in [2.05, 4.69) is 24.4 Å². The number of carbonyl (C=O) groups excluding carboxylic acids is 1. The topological polar surface area (TPSA) is 75.6 Å². The van der Waals surface area contributed by atoms with Gasteiger partial charge in [0.25, 0.3) is 0 Å². The number of para-hydroxylation sites is 1. The Morgan fingerprint density at radius 2 is 1.44 bits per heavy atom. The third kappa shape index (κ3) is 6.19. The van der Waals surface area contributed by atoms with Crippen molar-refractivity contribution in [1.82, 2.24) is 0 Å². The van der Waals surface area contributed by atoms with E-state index in [0.717, 1.165) is 23.3 Å². The Hall–Kier alpha value is -4.38. The van der Waals surface area contributed by atoms with E-state index in [1.54, 1.807) is 48.5 Å². The van der Waals surface area contributed by atoms with Crippen LogP contribution in [0.5, 0.6) is 5.75 Å². The van der Waals surface area contributed by atoms with Gasteiger partial charge >= 0.3 is 5.97 Å². The average Bonchev–Trinajstić information content (AvgIpc) is 2.92. The number of hydrogen-bond donors (Lipinski definition) is 2. The minimum atomic E-state index is -0.992. The molecule has 0 fully saturated rings. The van der Waals surface area contributed by atoms with Gasteiger partial charge < -0.3 is 15.2 Å². The van der Waals surface area contributed by atoms with Crippen LogP contribution in [0.3, 0.4) is 0 Å². The van der Waals surface area contributed by atoms with Crippen molar-refractivity contribution in [1.29, 1.82) is 0 Å². The average molecular weight is 480 g/mol. The van der Waals surface area contributed by atoms with E-state index in [1.807, 2.05) is 42.5 Å². The van der Waals surface area contributed by atoms with Gasteiger partial charge in [-0.3, -0.25) is 4.79 Å². The highest BCUT2D eigenvalue weighted by atomic mass is 16.5. The molecule has 0 saturated carbocycles. The number of rotatable bonds is 11. The lowest BCUT2D eigenvalue weighted by Crippen LogP contribution is -2.32. The molecule has 0 unspecified atom stereocenters. The lowest BCUT2D eigenvalue weighted by Gasteiger charge is -2.18. The summed E-state index contributed by atoms with van der Waals surface area (Å²) in [6, 6.07) is 30.7. The molecule has 0 saturated heterocycles.